The van der Waals surface area contributed by atoms with E-state index < -0.39 is 0 Å². The molecular weight excluding hydrogens is 328 g/mol. The normalized spacial score (nSPS) is 12.8. The van der Waals surface area contributed by atoms with E-state index in [1.54, 1.807) is 18.3 Å². The molecule has 0 fully saturated rings. The number of benzene rings is 2. The van der Waals surface area contributed by atoms with Gasteiger partial charge in [-0.15, -0.1) is 0 Å². The first kappa shape index (κ1) is 15.5. The lowest BCUT2D eigenvalue weighted by Gasteiger charge is -1.96. The van der Waals surface area contributed by atoms with Crippen LogP contribution in [-0.2, 0) is 0 Å². The molecule has 0 aliphatic rings. The van der Waals surface area contributed by atoms with Crippen LogP contribution in [0, 0.1) is 0 Å². The number of thiazole rings is 1. The molecule has 0 saturated heterocycles. The minimum atomic E-state index is 0.0839. The first-order chi connectivity index (χ1) is 12.2. The average Bonchev–Trinajstić information content (AvgIpc) is 3.21. The third kappa shape index (κ3) is 3.16. The van der Waals surface area contributed by atoms with Crippen molar-refractivity contribution in [3.8, 4) is 0 Å². The largest absolute Gasteiger partial charge is 0.295 e. The summed E-state index contributed by atoms with van der Waals surface area (Å²) in [5, 5.41) is 0. The minimum Gasteiger partial charge on any atom is -0.295 e. The number of carbonyl (C=O) groups excluding carboxylic acids is 1. The number of Topliss-reactive ketones (excluding diaryl/α,β-unsaturated/α-hetero) is 1. The highest BCUT2D eigenvalue weighted by atomic mass is 32.1. The molecule has 4 aromatic rings. The van der Waals surface area contributed by atoms with Gasteiger partial charge in [0, 0.05) is 11.8 Å². The number of aromatic nitrogens is 1. The maximum atomic E-state index is 11.4. The van der Waals surface area contributed by atoms with Crippen molar-refractivity contribution in [2.24, 2.45) is 4.99 Å². The second-order valence-electron chi connectivity index (χ2n) is 5.78. The van der Waals surface area contributed by atoms with Gasteiger partial charge in [-0.25, -0.2) is 4.99 Å². The van der Waals surface area contributed by atoms with Crippen LogP contribution in [0.3, 0.4) is 0 Å². The first-order valence-corrected chi connectivity index (χ1v) is 8.85. The van der Waals surface area contributed by atoms with E-state index in [-0.39, 0.29) is 5.78 Å². The van der Waals surface area contributed by atoms with Gasteiger partial charge in [-0.1, -0.05) is 53.8 Å². The molecule has 122 valence electrons. The molecule has 0 N–H and O–H groups in total. The van der Waals surface area contributed by atoms with Crippen LogP contribution in [0.25, 0.3) is 11.6 Å². The molecule has 2 aromatic carbocycles. The molecule has 0 aliphatic carbocycles. The van der Waals surface area contributed by atoms with Gasteiger partial charge in [0.2, 0.25) is 0 Å². The van der Waals surface area contributed by atoms with Crippen molar-refractivity contribution in [2.75, 3.05) is 0 Å². The zero-order valence-corrected chi connectivity index (χ0v) is 14.5. The summed E-state index contributed by atoms with van der Waals surface area (Å²) in [6, 6.07) is 21.8. The lowest BCUT2D eigenvalue weighted by atomic mass is 10.1. The Morgan fingerprint density at radius 1 is 1.00 bits per heavy atom. The van der Waals surface area contributed by atoms with E-state index in [9.17, 15) is 4.79 Å². The second-order valence-corrected chi connectivity index (χ2v) is 6.79. The van der Waals surface area contributed by atoms with E-state index in [0.717, 1.165) is 31.7 Å². The lowest BCUT2D eigenvalue weighted by Crippen LogP contribution is -2.02. The van der Waals surface area contributed by atoms with Crippen molar-refractivity contribution in [1.82, 2.24) is 4.40 Å². The Morgan fingerprint density at radius 3 is 2.48 bits per heavy atom. The van der Waals surface area contributed by atoms with Crippen molar-refractivity contribution < 1.29 is 4.79 Å². The van der Waals surface area contributed by atoms with Crippen LogP contribution in [0.5, 0.6) is 0 Å². The molecule has 0 amide bonds. The maximum absolute atomic E-state index is 11.4. The van der Waals surface area contributed by atoms with Crippen LogP contribution < -0.4 is 9.33 Å². The number of fused-ring (bicyclic) bond motifs is 1. The van der Waals surface area contributed by atoms with Crippen LogP contribution in [0.2, 0.25) is 0 Å². The number of carbonyl (C=O) groups is 1. The molecule has 0 unspecified atom stereocenters. The fourth-order valence-electron chi connectivity index (χ4n) is 2.71. The van der Waals surface area contributed by atoms with Crippen molar-refractivity contribution in [2.45, 2.75) is 6.92 Å². The number of hydrogen-bond acceptors (Lipinski definition) is 3. The topological polar surface area (TPSA) is 33.8 Å². The van der Waals surface area contributed by atoms with Crippen LogP contribution >= 0.6 is 11.3 Å². The summed E-state index contributed by atoms with van der Waals surface area (Å²) in [5.74, 6) is 0.0839. The van der Waals surface area contributed by atoms with Gasteiger partial charge < -0.3 is 0 Å². The van der Waals surface area contributed by atoms with Crippen LogP contribution in [0.15, 0.2) is 77.9 Å². The smallest absolute Gasteiger partial charge is 0.195 e. The highest BCUT2D eigenvalue weighted by molar-refractivity contribution is 7.07. The Bertz CT molecular complexity index is 1150. The van der Waals surface area contributed by atoms with E-state index >= 15 is 0 Å². The second kappa shape index (κ2) is 6.49. The molecule has 25 heavy (non-hydrogen) atoms. The molecule has 0 radical (unpaired) electrons. The molecule has 4 rings (SSSR count). The fourth-order valence-corrected chi connectivity index (χ4v) is 3.78. The molecule has 0 saturated carbocycles. The minimum absolute atomic E-state index is 0.0839. The Balaban J connectivity index is 1.84. The fraction of sp³-hybridized carbons (Fsp3) is 0.0476. The summed E-state index contributed by atoms with van der Waals surface area (Å²) >= 11 is 1.65. The molecule has 3 nitrogen and oxygen atoms in total. The van der Waals surface area contributed by atoms with Gasteiger partial charge in [0.1, 0.15) is 0 Å². The standard InChI is InChI=1S/C21H16N2OS/c1-15(24)17-11-9-16(10-12-17)14-20-19-8-5-13-23(19)21(25-20)22-18-6-3-2-4-7-18/h2-14H,1H3/b20-14-,22-21?. The summed E-state index contributed by atoms with van der Waals surface area (Å²) in [6.45, 7) is 1.58. The molecule has 4 heteroatoms. The molecule has 2 aromatic heterocycles. The summed E-state index contributed by atoms with van der Waals surface area (Å²) in [7, 11) is 0. The number of hydrogen-bond donors (Lipinski definition) is 0. The van der Waals surface area contributed by atoms with E-state index in [4.69, 9.17) is 4.99 Å². The lowest BCUT2D eigenvalue weighted by molar-refractivity contribution is 0.101. The van der Waals surface area contributed by atoms with Gasteiger partial charge in [0.05, 0.1) is 15.7 Å². The SMILES string of the molecule is CC(=O)c1ccc(/C=c2\sc(=Nc3ccccc3)n3cccc23)cc1. The maximum Gasteiger partial charge on any atom is 0.195 e. The highest BCUT2D eigenvalue weighted by Crippen LogP contribution is 2.10. The van der Waals surface area contributed by atoms with Gasteiger partial charge >= 0.3 is 0 Å². The quantitative estimate of drug-likeness (QED) is 0.518. The predicted octanol–water partition coefficient (Wildman–Crippen LogP) is 3.98. The third-order valence-corrected chi connectivity index (χ3v) is 5.02. The number of nitrogens with zero attached hydrogens (tertiary/aromatic N) is 2. The number of ketones is 1. The molecule has 2 heterocycles. The molecule has 0 atom stereocenters. The van der Waals surface area contributed by atoms with Crippen LogP contribution in [0.1, 0.15) is 22.8 Å². The van der Waals surface area contributed by atoms with Gasteiger partial charge in [0.15, 0.2) is 10.6 Å². The monoisotopic (exact) mass is 344 g/mol. The van der Waals surface area contributed by atoms with Crippen molar-refractivity contribution >= 4 is 34.4 Å². The Hall–Kier alpha value is -2.98. The van der Waals surface area contributed by atoms with Gasteiger partial charge in [-0.05, 0) is 42.8 Å². The summed E-state index contributed by atoms with van der Waals surface area (Å²) in [5.41, 5.74) is 3.88. The number of rotatable bonds is 3. The molecule has 0 bridgehead atoms. The zero-order valence-electron chi connectivity index (χ0n) is 13.7. The van der Waals surface area contributed by atoms with Gasteiger partial charge in [-0.3, -0.25) is 9.20 Å². The average molecular weight is 344 g/mol. The van der Waals surface area contributed by atoms with Crippen molar-refractivity contribution in [1.29, 1.82) is 0 Å². The van der Waals surface area contributed by atoms with Crippen molar-refractivity contribution in [3.63, 3.8) is 0 Å². The first-order valence-electron chi connectivity index (χ1n) is 8.03. The highest BCUT2D eigenvalue weighted by Gasteiger charge is 2.03. The van der Waals surface area contributed by atoms with Gasteiger partial charge in [-0.2, -0.15) is 0 Å². The third-order valence-electron chi connectivity index (χ3n) is 4.00. The molecular formula is C21H16N2OS. The van der Waals surface area contributed by atoms with Gasteiger partial charge in [0.25, 0.3) is 0 Å². The predicted molar refractivity (Wildman–Crippen MR) is 102 cm³/mol. The summed E-state index contributed by atoms with van der Waals surface area (Å²) < 4.78 is 3.25. The van der Waals surface area contributed by atoms with E-state index in [0.29, 0.717) is 0 Å². The van der Waals surface area contributed by atoms with E-state index in [1.807, 2.05) is 66.9 Å². The van der Waals surface area contributed by atoms with E-state index in [1.165, 1.54) is 0 Å². The van der Waals surface area contributed by atoms with Crippen molar-refractivity contribution in [3.05, 3.63) is 93.4 Å². The Morgan fingerprint density at radius 2 is 1.76 bits per heavy atom. The van der Waals surface area contributed by atoms with E-state index in [2.05, 4.69) is 16.5 Å². The summed E-state index contributed by atoms with van der Waals surface area (Å²) in [4.78, 5) is 17.1. The van der Waals surface area contributed by atoms with Crippen LogP contribution in [-0.4, -0.2) is 10.2 Å². The Labute approximate surface area is 149 Å². The Kier molecular flexibility index (Phi) is 4.04. The zero-order chi connectivity index (χ0) is 17.2. The molecule has 0 spiro atoms. The summed E-state index contributed by atoms with van der Waals surface area (Å²) in [6.07, 6.45) is 4.16. The number of para-hydroxylation sites is 1. The van der Waals surface area contributed by atoms with Crippen LogP contribution in [0.4, 0.5) is 5.69 Å². The molecule has 0 aliphatic heterocycles.